The van der Waals surface area contributed by atoms with E-state index in [2.05, 4.69) is 0 Å². The van der Waals surface area contributed by atoms with Gasteiger partial charge in [0, 0.05) is 13.1 Å². The lowest BCUT2D eigenvalue weighted by molar-refractivity contribution is -0.143. The summed E-state index contributed by atoms with van der Waals surface area (Å²) in [6.07, 6.45) is 6.74. The molecule has 1 atom stereocenters. The van der Waals surface area contributed by atoms with Gasteiger partial charge in [-0.15, -0.1) is 0 Å². The summed E-state index contributed by atoms with van der Waals surface area (Å²) in [5, 5.41) is 0. The Morgan fingerprint density at radius 3 is 2.67 bits per heavy atom. The van der Waals surface area contributed by atoms with Crippen molar-refractivity contribution in [1.82, 2.24) is 4.90 Å². The van der Waals surface area contributed by atoms with E-state index in [0.717, 1.165) is 0 Å². The molecule has 0 aromatic carbocycles. The van der Waals surface area contributed by atoms with Crippen LogP contribution in [0.4, 0.5) is 0 Å². The first-order valence-corrected chi connectivity index (χ1v) is 5.93. The zero-order chi connectivity index (χ0) is 10.7. The Hall–Kier alpha value is -0.610. The number of β-lactam (4-membered cyclic amide) rings is 1. The third kappa shape index (κ3) is 2.69. The monoisotopic (exact) mass is 212 g/mol. The average molecular weight is 212 g/mol. The van der Waals surface area contributed by atoms with Crippen LogP contribution in [0.25, 0.3) is 0 Å². The summed E-state index contributed by atoms with van der Waals surface area (Å²) in [5.74, 6) is 0.0715. The zero-order valence-corrected chi connectivity index (χ0v) is 9.15. The summed E-state index contributed by atoms with van der Waals surface area (Å²) < 4.78 is 5.74. The highest BCUT2D eigenvalue weighted by molar-refractivity contribution is 5.87. The molecule has 1 unspecified atom stereocenters. The standard InChI is InChI=1S/C11H20N2O2/c12-10-8-13(11(10)14)6-7-15-9-4-2-1-3-5-9/h9-10H,1-8,12H2. The summed E-state index contributed by atoms with van der Waals surface area (Å²) >= 11 is 0. The second-order valence-corrected chi connectivity index (χ2v) is 4.52. The van der Waals surface area contributed by atoms with E-state index in [4.69, 9.17) is 10.5 Å². The predicted molar refractivity (Wildman–Crippen MR) is 57.4 cm³/mol. The van der Waals surface area contributed by atoms with Gasteiger partial charge in [-0.1, -0.05) is 19.3 Å². The quantitative estimate of drug-likeness (QED) is 0.691. The van der Waals surface area contributed by atoms with E-state index in [9.17, 15) is 4.79 Å². The van der Waals surface area contributed by atoms with E-state index < -0.39 is 0 Å². The smallest absolute Gasteiger partial charge is 0.241 e. The Morgan fingerprint density at radius 2 is 2.07 bits per heavy atom. The molecule has 1 saturated heterocycles. The average Bonchev–Trinajstić information content (AvgIpc) is 2.29. The predicted octanol–water partition coefficient (Wildman–Crippen LogP) is 0.505. The SMILES string of the molecule is NC1CN(CCOC2CCCCC2)C1=O. The first-order valence-electron chi connectivity index (χ1n) is 5.93. The normalized spacial score (nSPS) is 27.9. The largest absolute Gasteiger partial charge is 0.376 e. The summed E-state index contributed by atoms with van der Waals surface area (Å²) in [6.45, 7) is 2.08. The van der Waals surface area contributed by atoms with E-state index in [1.807, 2.05) is 0 Å². The van der Waals surface area contributed by atoms with Gasteiger partial charge in [0.2, 0.25) is 5.91 Å². The van der Waals surface area contributed by atoms with Crippen LogP contribution in [0, 0.1) is 0 Å². The van der Waals surface area contributed by atoms with Gasteiger partial charge in [0.1, 0.15) is 6.04 Å². The van der Waals surface area contributed by atoms with Crippen LogP contribution in [0.3, 0.4) is 0 Å². The first kappa shape index (κ1) is 10.9. The minimum atomic E-state index is -0.250. The molecule has 15 heavy (non-hydrogen) atoms. The fourth-order valence-corrected chi connectivity index (χ4v) is 2.29. The van der Waals surface area contributed by atoms with E-state index in [0.29, 0.717) is 25.8 Å². The number of hydrogen-bond donors (Lipinski definition) is 1. The van der Waals surface area contributed by atoms with Crippen molar-refractivity contribution in [1.29, 1.82) is 0 Å². The van der Waals surface area contributed by atoms with Crippen molar-refractivity contribution < 1.29 is 9.53 Å². The molecule has 4 heteroatoms. The van der Waals surface area contributed by atoms with Crippen LogP contribution < -0.4 is 5.73 Å². The van der Waals surface area contributed by atoms with Crippen molar-refractivity contribution in [2.45, 2.75) is 44.2 Å². The number of carbonyl (C=O) groups excluding carboxylic acids is 1. The van der Waals surface area contributed by atoms with Crippen molar-refractivity contribution in [3.63, 3.8) is 0 Å². The number of amides is 1. The maximum Gasteiger partial charge on any atom is 0.241 e. The molecule has 2 fully saturated rings. The molecule has 1 heterocycles. The highest BCUT2D eigenvalue weighted by atomic mass is 16.5. The number of nitrogens with two attached hydrogens (primary N) is 1. The minimum Gasteiger partial charge on any atom is -0.376 e. The fraction of sp³-hybridized carbons (Fsp3) is 0.909. The Bertz CT molecular complexity index is 227. The van der Waals surface area contributed by atoms with E-state index in [1.165, 1.54) is 32.1 Å². The molecule has 1 aliphatic carbocycles. The second kappa shape index (κ2) is 4.94. The molecule has 86 valence electrons. The Balaban J connectivity index is 1.56. The molecular formula is C11H20N2O2. The number of ether oxygens (including phenoxy) is 1. The Kier molecular flexibility index (Phi) is 3.59. The van der Waals surface area contributed by atoms with Gasteiger partial charge in [-0.05, 0) is 12.8 Å². The third-order valence-corrected chi connectivity index (χ3v) is 3.31. The van der Waals surface area contributed by atoms with Crippen LogP contribution in [0.2, 0.25) is 0 Å². The molecule has 2 N–H and O–H groups in total. The van der Waals surface area contributed by atoms with Crippen LogP contribution in [-0.2, 0) is 9.53 Å². The number of rotatable bonds is 4. The number of likely N-dealkylation sites (tertiary alicyclic amines) is 1. The highest BCUT2D eigenvalue weighted by Gasteiger charge is 2.32. The van der Waals surface area contributed by atoms with E-state index >= 15 is 0 Å². The van der Waals surface area contributed by atoms with E-state index in [1.54, 1.807) is 4.90 Å². The van der Waals surface area contributed by atoms with Crippen LogP contribution in [-0.4, -0.2) is 42.6 Å². The van der Waals surface area contributed by atoms with Gasteiger partial charge in [0.05, 0.1) is 12.7 Å². The molecule has 0 spiro atoms. The van der Waals surface area contributed by atoms with Gasteiger partial charge in [-0.3, -0.25) is 4.79 Å². The number of hydrogen-bond acceptors (Lipinski definition) is 3. The molecule has 0 aromatic rings. The van der Waals surface area contributed by atoms with Crippen molar-refractivity contribution in [3.8, 4) is 0 Å². The van der Waals surface area contributed by atoms with Crippen molar-refractivity contribution in [2.75, 3.05) is 19.7 Å². The van der Waals surface area contributed by atoms with Crippen molar-refractivity contribution in [3.05, 3.63) is 0 Å². The van der Waals surface area contributed by atoms with Gasteiger partial charge in [-0.25, -0.2) is 0 Å². The van der Waals surface area contributed by atoms with Gasteiger partial charge in [-0.2, -0.15) is 0 Å². The van der Waals surface area contributed by atoms with Crippen LogP contribution in [0.5, 0.6) is 0 Å². The molecule has 0 aromatic heterocycles. The highest BCUT2D eigenvalue weighted by Crippen LogP contribution is 2.20. The van der Waals surface area contributed by atoms with E-state index in [-0.39, 0.29) is 11.9 Å². The Labute approximate surface area is 90.8 Å². The van der Waals surface area contributed by atoms with Gasteiger partial charge >= 0.3 is 0 Å². The molecule has 2 aliphatic rings. The summed E-state index contributed by atoms with van der Waals surface area (Å²) in [4.78, 5) is 13.0. The summed E-state index contributed by atoms with van der Waals surface area (Å²) in [6, 6.07) is -0.250. The summed E-state index contributed by atoms with van der Waals surface area (Å²) in [7, 11) is 0. The van der Waals surface area contributed by atoms with Gasteiger partial charge < -0.3 is 15.4 Å². The molecular weight excluding hydrogens is 192 g/mol. The number of nitrogens with zero attached hydrogens (tertiary/aromatic N) is 1. The lowest BCUT2D eigenvalue weighted by Crippen LogP contribution is -2.61. The molecule has 4 nitrogen and oxygen atoms in total. The topological polar surface area (TPSA) is 55.6 Å². The second-order valence-electron chi connectivity index (χ2n) is 4.52. The molecule has 1 saturated carbocycles. The molecule has 1 amide bonds. The van der Waals surface area contributed by atoms with Gasteiger partial charge in [0.25, 0.3) is 0 Å². The zero-order valence-electron chi connectivity index (χ0n) is 9.15. The molecule has 0 radical (unpaired) electrons. The molecule has 2 rings (SSSR count). The van der Waals surface area contributed by atoms with Crippen LogP contribution in [0.15, 0.2) is 0 Å². The number of carbonyl (C=O) groups is 1. The molecule has 0 bridgehead atoms. The Morgan fingerprint density at radius 1 is 1.33 bits per heavy atom. The van der Waals surface area contributed by atoms with Crippen molar-refractivity contribution in [2.24, 2.45) is 5.73 Å². The third-order valence-electron chi connectivity index (χ3n) is 3.31. The maximum atomic E-state index is 11.2. The molecule has 1 aliphatic heterocycles. The summed E-state index contributed by atoms with van der Waals surface area (Å²) in [5.41, 5.74) is 5.49. The first-order chi connectivity index (χ1) is 7.27. The van der Waals surface area contributed by atoms with Crippen LogP contribution in [0.1, 0.15) is 32.1 Å². The lowest BCUT2D eigenvalue weighted by Gasteiger charge is -2.36. The van der Waals surface area contributed by atoms with Gasteiger partial charge in [0.15, 0.2) is 0 Å². The van der Waals surface area contributed by atoms with Crippen molar-refractivity contribution >= 4 is 5.91 Å². The van der Waals surface area contributed by atoms with Crippen LogP contribution >= 0.6 is 0 Å². The fourth-order valence-electron chi connectivity index (χ4n) is 2.29. The lowest BCUT2D eigenvalue weighted by atomic mass is 9.98. The minimum absolute atomic E-state index is 0.0715. The maximum absolute atomic E-state index is 11.2.